The van der Waals surface area contributed by atoms with E-state index in [9.17, 15) is 4.79 Å². The van der Waals surface area contributed by atoms with Crippen molar-refractivity contribution in [1.29, 1.82) is 0 Å². The summed E-state index contributed by atoms with van der Waals surface area (Å²) >= 11 is 0. The van der Waals surface area contributed by atoms with Crippen molar-refractivity contribution in [1.82, 2.24) is 5.32 Å². The molecule has 58 valence electrons. The number of ether oxygens (including phenoxy) is 1. The van der Waals surface area contributed by atoms with E-state index in [4.69, 9.17) is 4.74 Å². The minimum atomic E-state index is 0.187. The van der Waals surface area contributed by atoms with Crippen molar-refractivity contribution in [2.45, 2.75) is 19.4 Å². The Morgan fingerprint density at radius 1 is 1.80 bits per heavy atom. The lowest BCUT2D eigenvalue weighted by atomic mass is 10.2. The average molecular weight is 143 g/mol. The van der Waals surface area contributed by atoms with Crippen LogP contribution in [0.4, 0.5) is 0 Å². The fourth-order valence-corrected chi connectivity index (χ4v) is 0.984. The zero-order chi connectivity index (χ0) is 7.40. The highest BCUT2D eigenvalue weighted by Crippen LogP contribution is 2.01. The van der Waals surface area contributed by atoms with Crippen LogP contribution in [0.3, 0.4) is 0 Å². The second kappa shape index (κ2) is 3.68. The third-order valence-electron chi connectivity index (χ3n) is 1.57. The van der Waals surface area contributed by atoms with Gasteiger partial charge in [-0.25, -0.2) is 0 Å². The Morgan fingerprint density at radius 2 is 2.60 bits per heavy atom. The maximum absolute atomic E-state index is 10.5. The summed E-state index contributed by atoms with van der Waals surface area (Å²) in [5.74, 6) is 0.187. The number of carbonyl (C=O) groups excluding carboxylic acids is 1. The molecule has 0 unspecified atom stereocenters. The predicted molar refractivity (Wildman–Crippen MR) is 37.9 cm³/mol. The maximum Gasteiger partial charge on any atom is 0.143 e. The normalized spacial score (nSPS) is 25.1. The fourth-order valence-electron chi connectivity index (χ4n) is 0.984. The highest BCUT2D eigenvalue weighted by Gasteiger charge is 2.14. The van der Waals surface area contributed by atoms with Crippen LogP contribution in [0.1, 0.15) is 13.3 Å². The molecule has 3 heteroatoms. The van der Waals surface area contributed by atoms with Crippen molar-refractivity contribution in [3.05, 3.63) is 0 Å². The maximum atomic E-state index is 10.5. The van der Waals surface area contributed by atoms with Crippen LogP contribution in [-0.2, 0) is 9.53 Å². The first kappa shape index (κ1) is 7.69. The van der Waals surface area contributed by atoms with Crippen LogP contribution < -0.4 is 5.32 Å². The SMILES string of the molecule is CC(=O)CN[C@H]1CCOC1. The molecule has 1 rings (SSSR count). The molecule has 1 aliphatic rings. The first-order chi connectivity index (χ1) is 4.79. The standard InChI is InChI=1S/C7H13NO2/c1-6(9)4-8-7-2-3-10-5-7/h7-8H,2-5H2,1H3/t7-/m0/s1. The minimum Gasteiger partial charge on any atom is -0.380 e. The zero-order valence-corrected chi connectivity index (χ0v) is 6.22. The molecule has 1 saturated heterocycles. The van der Waals surface area contributed by atoms with Crippen LogP contribution >= 0.6 is 0 Å². The van der Waals surface area contributed by atoms with Gasteiger partial charge in [-0.15, -0.1) is 0 Å². The van der Waals surface area contributed by atoms with Crippen molar-refractivity contribution >= 4 is 5.78 Å². The topological polar surface area (TPSA) is 38.3 Å². The number of hydrogen-bond acceptors (Lipinski definition) is 3. The van der Waals surface area contributed by atoms with Gasteiger partial charge in [-0.3, -0.25) is 4.79 Å². The van der Waals surface area contributed by atoms with Crippen LogP contribution in [0.2, 0.25) is 0 Å². The Morgan fingerprint density at radius 3 is 3.10 bits per heavy atom. The van der Waals surface area contributed by atoms with E-state index in [0.717, 1.165) is 19.6 Å². The molecule has 1 heterocycles. The summed E-state index contributed by atoms with van der Waals surface area (Å²) in [4.78, 5) is 10.5. The highest BCUT2D eigenvalue weighted by atomic mass is 16.5. The molecular weight excluding hydrogens is 130 g/mol. The van der Waals surface area contributed by atoms with Crippen LogP contribution in [0.15, 0.2) is 0 Å². The van der Waals surface area contributed by atoms with Crippen molar-refractivity contribution in [3.63, 3.8) is 0 Å². The minimum absolute atomic E-state index is 0.187. The van der Waals surface area contributed by atoms with Gasteiger partial charge in [0.1, 0.15) is 5.78 Å². The Bertz CT molecular complexity index is 119. The smallest absolute Gasteiger partial charge is 0.143 e. The van der Waals surface area contributed by atoms with Crippen LogP contribution in [-0.4, -0.2) is 31.6 Å². The second-order valence-corrected chi connectivity index (χ2v) is 2.64. The van der Waals surface area contributed by atoms with E-state index in [1.165, 1.54) is 0 Å². The quantitative estimate of drug-likeness (QED) is 0.602. The first-order valence-electron chi connectivity index (χ1n) is 3.59. The van der Waals surface area contributed by atoms with Gasteiger partial charge in [-0.1, -0.05) is 0 Å². The summed E-state index contributed by atoms with van der Waals surface area (Å²) in [6.07, 6.45) is 1.04. The van der Waals surface area contributed by atoms with Crippen LogP contribution in [0.25, 0.3) is 0 Å². The summed E-state index contributed by atoms with van der Waals surface area (Å²) in [5.41, 5.74) is 0. The molecule has 0 aromatic heterocycles. The second-order valence-electron chi connectivity index (χ2n) is 2.64. The Kier molecular flexibility index (Phi) is 2.83. The van der Waals surface area contributed by atoms with E-state index >= 15 is 0 Å². The van der Waals surface area contributed by atoms with E-state index in [0.29, 0.717) is 12.6 Å². The lowest BCUT2D eigenvalue weighted by Gasteiger charge is -2.06. The van der Waals surface area contributed by atoms with Gasteiger partial charge in [-0.05, 0) is 13.3 Å². The average Bonchev–Trinajstić information content (AvgIpc) is 2.34. The van der Waals surface area contributed by atoms with Crippen molar-refractivity contribution in [3.8, 4) is 0 Å². The largest absolute Gasteiger partial charge is 0.380 e. The summed E-state index contributed by atoms with van der Waals surface area (Å²) in [6.45, 7) is 3.65. The van der Waals surface area contributed by atoms with Crippen molar-refractivity contribution in [2.75, 3.05) is 19.8 Å². The van der Waals surface area contributed by atoms with Gasteiger partial charge < -0.3 is 10.1 Å². The monoisotopic (exact) mass is 143 g/mol. The van der Waals surface area contributed by atoms with Gasteiger partial charge >= 0.3 is 0 Å². The van der Waals surface area contributed by atoms with Crippen LogP contribution in [0.5, 0.6) is 0 Å². The molecule has 0 aromatic rings. The first-order valence-corrected chi connectivity index (χ1v) is 3.59. The van der Waals surface area contributed by atoms with E-state index in [2.05, 4.69) is 5.32 Å². The Labute approximate surface area is 60.7 Å². The van der Waals surface area contributed by atoms with Gasteiger partial charge in [0, 0.05) is 12.6 Å². The molecule has 3 nitrogen and oxygen atoms in total. The summed E-state index contributed by atoms with van der Waals surface area (Å²) < 4.78 is 5.12. The molecular formula is C7H13NO2. The lowest BCUT2D eigenvalue weighted by molar-refractivity contribution is -0.116. The number of carbonyl (C=O) groups is 1. The summed E-state index contributed by atoms with van der Waals surface area (Å²) in [6, 6.07) is 0.406. The van der Waals surface area contributed by atoms with Gasteiger partial charge in [0.05, 0.1) is 13.2 Å². The number of ketones is 1. The van der Waals surface area contributed by atoms with Gasteiger partial charge in [0.25, 0.3) is 0 Å². The molecule has 10 heavy (non-hydrogen) atoms. The molecule has 0 radical (unpaired) electrons. The Hall–Kier alpha value is -0.410. The number of rotatable bonds is 3. The van der Waals surface area contributed by atoms with E-state index in [1.807, 2.05) is 0 Å². The fraction of sp³-hybridized carbons (Fsp3) is 0.857. The number of nitrogens with one attached hydrogen (secondary N) is 1. The van der Waals surface area contributed by atoms with E-state index in [1.54, 1.807) is 6.92 Å². The molecule has 0 aliphatic carbocycles. The van der Waals surface area contributed by atoms with Crippen molar-refractivity contribution in [2.24, 2.45) is 0 Å². The molecule has 1 aliphatic heterocycles. The molecule has 0 amide bonds. The molecule has 1 atom stereocenters. The van der Waals surface area contributed by atoms with E-state index in [-0.39, 0.29) is 5.78 Å². The summed E-state index contributed by atoms with van der Waals surface area (Å²) in [7, 11) is 0. The lowest BCUT2D eigenvalue weighted by Crippen LogP contribution is -2.32. The van der Waals surface area contributed by atoms with Crippen LogP contribution in [0, 0.1) is 0 Å². The molecule has 0 bridgehead atoms. The molecule has 1 fully saturated rings. The van der Waals surface area contributed by atoms with E-state index < -0.39 is 0 Å². The molecule has 0 spiro atoms. The third-order valence-corrected chi connectivity index (χ3v) is 1.57. The predicted octanol–water partition coefficient (Wildman–Crippen LogP) is -0.0461. The molecule has 0 aromatic carbocycles. The van der Waals surface area contributed by atoms with Crippen molar-refractivity contribution < 1.29 is 9.53 Å². The molecule has 1 N–H and O–H groups in total. The van der Waals surface area contributed by atoms with Gasteiger partial charge in [0.15, 0.2) is 0 Å². The third kappa shape index (κ3) is 2.45. The number of Topliss-reactive ketones (excluding diaryl/α,β-unsaturated/α-hetero) is 1. The Balaban J connectivity index is 2.07. The highest BCUT2D eigenvalue weighted by molar-refractivity contribution is 5.77. The molecule has 0 saturated carbocycles. The number of hydrogen-bond donors (Lipinski definition) is 1. The van der Waals surface area contributed by atoms with Gasteiger partial charge in [0.2, 0.25) is 0 Å². The zero-order valence-electron chi connectivity index (χ0n) is 6.22. The summed E-state index contributed by atoms with van der Waals surface area (Å²) in [5, 5.41) is 3.11. The van der Waals surface area contributed by atoms with Gasteiger partial charge in [-0.2, -0.15) is 0 Å².